The van der Waals surface area contributed by atoms with E-state index >= 15 is 0 Å². The van der Waals surface area contributed by atoms with Crippen molar-refractivity contribution in [2.24, 2.45) is 0 Å². The molecule has 6 nitrogen and oxygen atoms in total. The lowest BCUT2D eigenvalue weighted by Gasteiger charge is -2.04. The Labute approximate surface area is 134 Å². The number of thiophene rings is 1. The second-order valence-electron chi connectivity index (χ2n) is 4.50. The van der Waals surface area contributed by atoms with E-state index in [0.29, 0.717) is 4.88 Å². The molecule has 128 valence electrons. The van der Waals surface area contributed by atoms with Gasteiger partial charge >= 0.3 is 6.18 Å². The lowest BCUT2D eigenvalue weighted by atomic mass is 10.3. The van der Waals surface area contributed by atoms with Gasteiger partial charge in [-0.2, -0.15) is 13.2 Å². The number of hydrogen-bond acceptors (Lipinski definition) is 6. The smallest absolute Gasteiger partial charge is 0.383 e. The lowest BCUT2D eigenvalue weighted by Crippen LogP contribution is -2.27. The van der Waals surface area contributed by atoms with E-state index in [1.54, 1.807) is 6.92 Å². The van der Waals surface area contributed by atoms with Crippen LogP contribution in [-0.2, 0) is 20.9 Å². The molecule has 2 heterocycles. The Bertz CT molecular complexity index is 781. The van der Waals surface area contributed by atoms with Gasteiger partial charge in [0.2, 0.25) is 15.8 Å². The molecule has 0 saturated carbocycles. The van der Waals surface area contributed by atoms with Crippen LogP contribution in [0.25, 0.3) is 10.6 Å². The first-order valence-corrected chi connectivity index (χ1v) is 8.58. The number of hydrogen-bond donors (Lipinski definition) is 1. The zero-order chi connectivity index (χ0) is 17.3. The molecular weight excluding hydrogens is 357 g/mol. The molecule has 0 unspecified atom stereocenters. The number of methoxy groups -OCH3 is 1. The highest BCUT2D eigenvalue weighted by Crippen LogP contribution is 2.36. The number of ether oxygens (including phenoxy) is 1. The summed E-state index contributed by atoms with van der Waals surface area (Å²) in [5.41, 5.74) is -0.0660. The highest BCUT2D eigenvalue weighted by atomic mass is 32.2. The van der Waals surface area contributed by atoms with Gasteiger partial charge in [0.1, 0.15) is 5.69 Å². The van der Waals surface area contributed by atoms with E-state index in [0.717, 1.165) is 17.4 Å². The number of aryl methyl sites for hydroxylation is 1. The first kappa shape index (κ1) is 17.9. The average Bonchev–Trinajstić information content (AvgIpc) is 3.04. The fourth-order valence-corrected chi connectivity index (χ4v) is 4.29. The van der Waals surface area contributed by atoms with Crippen molar-refractivity contribution in [3.05, 3.63) is 22.8 Å². The first-order chi connectivity index (χ1) is 10.6. The third kappa shape index (κ3) is 4.10. The third-order valence-corrected chi connectivity index (χ3v) is 5.59. The maximum atomic E-state index is 12.5. The van der Waals surface area contributed by atoms with Gasteiger partial charge in [-0.3, -0.25) is 0 Å². The Balaban J connectivity index is 2.29. The van der Waals surface area contributed by atoms with Crippen molar-refractivity contribution in [2.45, 2.75) is 18.0 Å². The summed E-state index contributed by atoms with van der Waals surface area (Å²) in [6.45, 7) is 1.85. The summed E-state index contributed by atoms with van der Waals surface area (Å²) in [4.78, 5) is 0.695. The van der Waals surface area contributed by atoms with Crippen LogP contribution >= 0.6 is 11.3 Å². The highest BCUT2D eigenvalue weighted by molar-refractivity contribution is 7.89. The minimum Gasteiger partial charge on any atom is -0.383 e. The van der Waals surface area contributed by atoms with Gasteiger partial charge in [0.15, 0.2) is 0 Å². The molecule has 0 aromatic carbocycles. The Hall–Kier alpha value is -1.43. The van der Waals surface area contributed by atoms with Crippen LogP contribution in [0.2, 0.25) is 0 Å². The van der Waals surface area contributed by atoms with E-state index in [2.05, 4.69) is 14.4 Å². The lowest BCUT2D eigenvalue weighted by molar-refractivity contribution is -0.155. The van der Waals surface area contributed by atoms with Crippen LogP contribution in [0.3, 0.4) is 0 Å². The molecule has 0 atom stereocenters. The molecule has 0 amide bonds. The molecule has 11 heteroatoms. The van der Waals surface area contributed by atoms with Gasteiger partial charge in [0.05, 0.1) is 16.4 Å². The monoisotopic (exact) mass is 370 g/mol. The summed E-state index contributed by atoms with van der Waals surface area (Å²) in [5, 5.41) is 3.35. The molecule has 0 radical (unpaired) electrons. The summed E-state index contributed by atoms with van der Waals surface area (Å²) < 4.78 is 73.2. The van der Waals surface area contributed by atoms with E-state index in [9.17, 15) is 21.6 Å². The maximum absolute atomic E-state index is 12.5. The third-order valence-electron chi connectivity index (χ3n) is 2.80. The number of alkyl halides is 3. The Morgan fingerprint density at radius 1 is 1.39 bits per heavy atom. The van der Waals surface area contributed by atoms with Crippen molar-refractivity contribution in [3.8, 4) is 10.6 Å². The SMILES string of the molecule is COCCNS(=O)(=O)c1cc(-c2cc(C(F)(F)F)on2)sc1C. The van der Waals surface area contributed by atoms with Crippen molar-refractivity contribution >= 4 is 21.4 Å². The summed E-state index contributed by atoms with van der Waals surface area (Å²) in [7, 11) is -2.34. The van der Waals surface area contributed by atoms with Gasteiger partial charge in [-0.15, -0.1) is 11.3 Å². The van der Waals surface area contributed by atoms with E-state index in [4.69, 9.17) is 4.74 Å². The van der Waals surface area contributed by atoms with Crippen LogP contribution < -0.4 is 4.72 Å². The molecule has 1 N–H and O–H groups in total. The molecule has 2 aromatic heterocycles. The zero-order valence-electron chi connectivity index (χ0n) is 12.1. The number of halogens is 3. The van der Waals surface area contributed by atoms with Gasteiger partial charge in [0.25, 0.3) is 0 Å². The fourth-order valence-electron chi connectivity index (χ4n) is 1.74. The molecule has 0 saturated heterocycles. The summed E-state index contributed by atoms with van der Waals surface area (Å²) >= 11 is 1.02. The van der Waals surface area contributed by atoms with Crippen LogP contribution in [0.4, 0.5) is 13.2 Å². The normalized spacial score (nSPS) is 12.7. The van der Waals surface area contributed by atoms with Crippen LogP contribution in [0.1, 0.15) is 10.6 Å². The van der Waals surface area contributed by atoms with E-state index in [1.807, 2.05) is 0 Å². The Kier molecular flexibility index (Phi) is 5.14. The van der Waals surface area contributed by atoms with Gasteiger partial charge in [-0.05, 0) is 13.0 Å². The number of sulfonamides is 1. The minimum absolute atomic E-state index is 0.00911. The van der Waals surface area contributed by atoms with E-state index in [-0.39, 0.29) is 28.6 Å². The van der Waals surface area contributed by atoms with E-state index < -0.39 is 22.0 Å². The largest absolute Gasteiger partial charge is 0.452 e. The van der Waals surface area contributed by atoms with Crippen LogP contribution in [-0.4, -0.2) is 33.8 Å². The molecule has 0 aliphatic rings. The van der Waals surface area contributed by atoms with Crippen molar-refractivity contribution in [3.63, 3.8) is 0 Å². The molecule has 0 aliphatic carbocycles. The quantitative estimate of drug-likeness (QED) is 0.791. The molecular formula is C12H13F3N2O4S2. The predicted octanol–water partition coefficient (Wildman–Crippen LogP) is 2.66. The molecule has 0 aliphatic heterocycles. The molecule has 0 spiro atoms. The minimum atomic E-state index is -4.64. The van der Waals surface area contributed by atoms with Gasteiger partial charge < -0.3 is 9.26 Å². The first-order valence-electron chi connectivity index (χ1n) is 6.28. The Morgan fingerprint density at radius 3 is 2.65 bits per heavy atom. The number of rotatable bonds is 6. The second kappa shape index (κ2) is 6.59. The second-order valence-corrected chi connectivity index (χ2v) is 7.49. The standard InChI is InChI=1S/C12H13F3N2O4S2/c1-7-10(23(18,19)16-3-4-20-2)6-9(22-7)8-5-11(21-17-8)12(13,14)15/h5-6,16H,3-4H2,1-2H3. The van der Waals surface area contributed by atoms with E-state index in [1.165, 1.54) is 13.2 Å². The topological polar surface area (TPSA) is 81.4 Å². The van der Waals surface area contributed by atoms with Crippen molar-refractivity contribution in [1.82, 2.24) is 9.88 Å². The van der Waals surface area contributed by atoms with Crippen LogP contribution in [0.15, 0.2) is 21.6 Å². The van der Waals surface area contributed by atoms with Gasteiger partial charge in [0, 0.05) is 24.6 Å². The average molecular weight is 370 g/mol. The predicted molar refractivity (Wildman–Crippen MR) is 76.6 cm³/mol. The number of nitrogens with one attached hydrogen (secondary N) is 1. The number of nitrogens with zero attached hydrogens (tertiary/aromatic N) is 1. The van der Waals surface area contributed by atoms with Crippen LogP contribution in [0.5, 0.6) is 0 Å². The fraction of sp³-hybridized carbons (Fsp3) is 0.417. The summed E-state index contributed by atoms with van der Waals surface area (Å²) in [6, 6.07) is 2.01. The van der Waals surface area contributed by atoms with Crippen molar-refractivity contribution < 1.29 is 30.8 Å². The summed E-state index contributed by atoms with van der Waals surface area (Å²) in [6.07, 6.45) is -4.64. The Morgan fingerprint density at radius 2 is 2.09 bits per heavy atom. The zero-order valence-corrected chi connectivity index (χ0v) is 13.7. The molecule has 2 aromatic rings. The number of aromatic nitrogens is 1. The molecule has 0 bridgehead atoms. The van der Waals surface area contributed by atoms with Gasteiger partial charge in [-0.1, -0.05) is 5.16 Å². The summed E-state index contributed by atoms with van der Waals surface area (Å²) in [5.74, 6) is -1.24. The highest BCUT2D eigenvalue weighted by Gasteiger charge is 2.36. The van der Waals surface area contributed by atoms with Crippen molar-refractivity contribution in [2.75, 3.05) is 20.3 Å². The van der Waals surface area contributed by atoms with Crippen LogP contribution in [0, 0.1) is 6.92 Å². The van der Waals surface area contributed by atoms with Crippen molar-refractivity contribution in [1.29, 1.82) is 0 Å². The molecule has 2 rings (SSSR count). The maximum Gasteiger partial charge on any atom is 0.452 e. The molecule has 0 fully saturated rings. The molecule has 23 heavy (non-hydrogen) atoms. The van der Waals surface area contributed by atoms with Gasteiger partial charge in [-0.25, -0.2) is 13.1 Å².